The number of benzene rings is 2. The highest BCUT2D eigenvalue weighted by Gasteiger charge is 2.12. The SMILES string of the molecule is O=C(CSc1ccc2nnc(-c3ccc(F)cc3)n2n1)Nc1ccc(F)cc1F. The van der Waals surface area contributed by atoms with Crippen LogP contribution in [0.3, 0.4) is 0 Å². The fraction of sp³-hybridized carbons (Fsp3) is 0.0526. The van der Waals surface area contributed by atoms with Crippen LogP contribution in [-0.4, -0.2) is 31.5 Å². The molecule has 4 aromatic rings. The largest absolute Gasteiger partial charge is 0.323 e. The molecular weight excluding hydrogens is 403 g/mol. The summed E-state index contributed by atoms with van der Waals surface area (Å²) in [7, 11) is 0. The van der Waals surface area contributed by atoms with Gasteiger partial charge < -0.3 is 5.32 Å². The van der Waals surface area contributed by atoms with Gasteiger partial charge in [0, 0.05) is 11.6 Å². The number of halogens is 3. The second-order valence-electron chi connectivity index (χ2n) is 5.93. The molecule has 0 aliphatic carbocycles. The lowest BCUT2D eigenvalue weighted by Gasteiger charge is -2.06. The second-order valence-corrected chi connectivity index (χ2v) is 6.93. The third-order valence-electron chi connectivity index (χ3n) is 3.90. The quantitative estimate of drug-likeness (QED) is 0.500. The van der Waals surface area contributed by atoms with Crippen LogP contribution in [0.1, 0.15) is 0 Å². The zero-order valence-corrected chi connectivity index (χ0v) is 15.5. The standard InChI is InChI=1S/C19H12F3N5OS/c20-12-3-1-11(2-4-12)19-25-24-16-7-8-18(26-27(16)19)29-10-17(28)23-15-6-5-13(21)9-14(15)22/h1-9H,10H2,(H,23,28). The van der Waals surface area contributed by atoms with Crippen molar-refractivity contribution in [1.29, 1.82) is 0 Å². The lowest BCUT2D eigenvalue weighted by Crippen LogP contribution is -2.15. The summed E-state index contributed by atoms with van der Waals surface area (Å²) in [5.41, 5.74) is 1.03. The van der Waals surface area contributed by atoms with E-state index in [1.807, 2.05) is 0 Å². The van der Waals surface area contributed by atoms with Crippen LogP contribution in [0, 0.1) is 17.5 Å². The summed E-state index contributed by atoms with van der Waals surface area (Å²) in [6.45, 7) is 0. The molecule has 0 aliphatic rings. The Morgan fingerprint density at radius 2 is 1.72 bits per heavy atom. The van der Waals surface area contributed by atoms with Crippen molar-refractivity contribution in [1.82, 2.24) is 19.8 Å². The first-order valence-electron chi connectivity index (χ1n) is 8.36. The minimum absolute atomic E-state index is 0.0384. The first-order chi connectivity index (χ1) is 14.0. The molecule has 1 N–H and O–H groups in total. The lowest BCUT2D eigenvalue weighted by molar-refractivity contribution is -0.113. The van der Waals surface area contributed by atoms with E-state index in [9.17, 15) is 18.0 Å². The molecule has 0 aliphatic heterocycles. The molecule has 0 saturated carbocycles. The van der Waals surface area contributed by atoms with Crippen LogP contribution >= 0.6 is 11.8 Å². The van der Waals surface area contributed by atoms with Crippen LogP contribution in [0.4, 0.5) is 18.9 Å². The van der Waals surface area contributed by atoms with Gasteiger partial charge in [0.2, 0.25) is 5.91 Å². The molecule has 6 nitrogen and oxygen atoms in total. The summed E-state index contributed by atoms with van der Waals surface area (Å²) in [5, 5.41) is 15.4. The number of carbonyl (C=O) groups excluding carboxylic acids is 1. The van der Waals surface area contributed by atoms with Gasteiger partial charge in [0.05, 0.1) is 11.4 Å². The van der Waals surface area contributed by atoms with E-state index in [2.05, 4.69) is 20.6 Å². The number of rotatable bonds is 5. The molecule has 10 heteroatoms. The zero-order valence-electron chi connectivity index (χ0n) is 14.6. The number of hydrogen-bond acceptors (Lipinski definition) is 5. The predicted octanol–water partition coefficient (Wildman–Crippen LogP) is 3.94. The Kier molecular flexibility index (Phi) is 5.17. The molecule has 1 amide bonds. The molecular formula is C19H12F3N5OS. The highest BCUT2D eigenvalue weighted by Crippen LogP contribution is 2.22. The molecule has 0 atom stereocenters. The summed E-state index contributed by atoms with van der Waals surface area (Å²) in [6.07, 6.45) is 0. The molecule has 0 spiro atoms. The van der Waals surface area contributed by atoms with Crippen molar-refractivity contribution in [2.75, 3.05) is 11.1 Å². The minimum Gasteiger partial charge on any atom is -0.323 e. The van der Waals surface area contributed by atoms with Gasteiger partial charge in [-0.3, -0.25) is 4.79 Å². The maximum absolute atomic E-state index is 13.6. The molecule has 146 valence electrons. The smallest absolute Gasteiger partial charge is 0.234 e. The van der Waals surface area contributed by atoms with Crippen molar-refractivity contribution in [3.63, 3.8) is 0 Å². The Labute approximate surface area is 166 Å². The Morgan fingerprint density at radius 1 is 0.966 bits per heavy atom. The van der Waals surface area contributed by atoms with E-state index in [4.69, 9.17) is 0 Å². The van der Waals surface area contributed by atoms with Crippen molar-refractivity contribution in [3.05, 3.63) is 72.0 Å². The number of fused-ring (bicyclic) bond motifs is 1. The Bertz CT molecular complexity index is 1200. The summed E-state index contributed by atoms with van der Waals surface area (Å²) < 4.78 is 41.2. The van der Waals surface area contributed by atoms with Crippen LogP contribution < -0.4 is 5.32 Å². The number of anilines is 1. The van der Waals surface area contributed by atoms with E-state index in [1.54, 1.807) is 24.3 Å². The van der Waals surface area contributed by atoms with E-state index in [1.165, 1.54) is 16.6 Å². The fourth-order valence-corrected chi connectivity index (χ4v) is 3.20. The van der Waals surface area contributed by atoms with Gasteiger partial charge >= 0.3 is 0 Å². The van der Waals surface area contributed by atoms with Crippen LogP contribution in [0.15, 0.2) is 59.6 Å². The fourth-order valence-electron chi connectivity index (χ4n) is 2.54. The second kappa shape index (κ2) is 7.92. The van der Waals surface area contributed by atoms with Crippen molar-refractivity contribution >= 4 is 29.0 Å². The molecule has 4 rings (SSSR count). The molecule has 0 bridgehead atoms. The molecule has 0 unspecified atom stereocenters. The normalized spacial score (nSPS) is 11.0. The van der Waals surface area contributed by atoms with Gasteiger partial charge in [-0.2, -0.15) is 9.61 Å². The first-order valence-corrected chi connectivity index (χ1v) is 9.34. The number of amides is 1. The van der Waals surface area contributed by atoms with Crippen LogP contribution in [0.5, 0.6) is 0 Å². The average Bonchev–Trinajstić information content (AvgIpc) is 3.12. The molecule has 2 aromatic heterocycles. The number of aromatic nitrogens is 4. The van der Waals surface area contributed by atoms with Crippen LogP contribution in [0.2, 0.25) is 0 Å². The van der Waals surface area contributed by atoms with Crippen LogP contribution in [-0.2, 0) is 4.79 Å². The highest BCUT2D eigenvalue weighted by atomic mass is 32.2. The van der Waals surface area contributed by atoms with Gasteiger partial charge in [0.1, 0.15) is 22.5 Å². The highest BCUT2D eigenvalue weighted by molar-refractivity contribution is 7.99. The van der Waals surface area contributed by atoms with Crippen LogP contribution in [0.25, 0.3) is 17.0 Å². The maximum atomic E-state index is 13.6. The lowest BCUT2D eigenvalue weighted by atomic mass is 10.2. The Hall–Kier alpha value is -3.40. The molecule has 2 heterocycles. The van der Waals surface area contributed by atoms with Gasteiger partial charge in [-0.05, 0) is 48.5 Å². The first kappa shape index (κ1) is 18.9. The molecule has 2 aromatic carbocycles. The number of thioether (sulfide) groups is 1. The monoisotopic (exact) mass is 415 g/mol. The number of nitrogens with zero attached hydrogens (tertiary/aromatic N) is 4. The van der Waals surface area contributed by atoms with Gasteiger partial charge in [0.15, 0.2) is 11.5 Å². The number of carbonyl (C=O) groups is 1. The van der Waals surface area contributed by atoms with Crippen molar-refractivity contribution < 1.29 is 18.0 Å². The van der Waals surface area contributed by atoms with E-state index < -0.39 is 17.5 Å². The third-order valence-corrected chi connectivity index (χ3v) is 4.82. The van der Waals surface area contributed by atoms with E-state index in [-0.39, 0.29) is 17.3 Å². The summed E-state index contributed by atoms with van der Waals surface area (Å²) in [4.78, 5) is 12.1. The minimum atomic E-state index is -0.851. The van der Waals surface area contributed by atoms with Gasteiger partial charge in [-0.25, -0.2) is 13.2 Å². The molecule has 0 fully saturated rings. The molecule has 29 heavy (non-hydrogen) atoms. The van der Waals surface area contributed by atoms with E-state index >= 15 is 0 Å². The van der Waals surface area contributed by atoms with E-state index in [0.717, 1.165) is 23.9 Å². The number of hydrogen-bond donors (Lipinski definition) is 1. The summed E-state index contributed by atoms with van der Waals surface area (Å²) in [6, 6.07) is 12.0. The van der Waals surface area contributed by atoms with Gasteiger partial charge in [-0.15, -0.1) is 10.2 Å². The Morgan fingerprint density at radius 3 is 2.48 bits per heavy atom. The maximum Gasteiger partial charge on any atom is 0.234 e. The predicted molar refractivity (Wildman–Crippen MR) is 102 cm³/mol. The van der Waals surface area contributed by atoms with Crippen molar-refractivity contribution in [3.8, 4) is 11.4 Å². The number of nitrogens with one attached hydrogen (secondary N) is 1. The average molecular weight is 415 g/mol. The van der Waals surface area contributed by atoms with E-state index in [0.29, 0.717) is 28.1 Å². The summed E-state index contributed by atoms with van der Waals surface area (Å²) in [5.74, 6) is -2.02. The van der Waals surface area contributed by atoms with Crippen molar-refractivity contribution in [2.24, 2.45) is 0 Å². The topological polar surface area (TPSA) is 72.2 Å². The molecule has 0 saturated heterocycles. The van der Waals surface area contributed by atoms with Crippen molar-refractivity contribution in [2.45, 2.75) is 5.03 Å². The summed E-state index contributed by atoms with van der Waals surface area (Å²) >= 11 is 1.13. The Balaban J connectivity index is 1.49. The molecule has 0 radical (unpaired) electrons. The van der Waals surface area contributed by atoms with Gasteiger partial charge in [-0.1, -0.05) is 11.8 Å². The van der Waals surface area contributed by atoms with Gasteiger partial charge in [0.25, 0.3) is 0 Å². The zero-order chi connectivity index (χ0) is 20.4. The third kappa shape index (κ3) is 4.21.